The second-order valence-electron chi connectivity index (χ2n) is 5.44. The maximum absolute atomic E-state index is 12.3. The van der Waals surface area contributed by atoms with Gasteiger partial charge in [0.05, 0.1) is 23.4 Å². The van der Waals surface area contributed by atoms with E-state index in [0.717, 1.165) is 11.3 Å². The quantitative estimate of drug-likeness (QED) is 0.831. The molecule has 0 saturated heterocycles. The molecule has 5 nitrogen and oxygen atoms in total. The molecule has 2 rings (SSSR count). The molecule has 0 radical (unpaired) electrons. The van der Waals surface area contributed by atoms with Gasteiger partial charge in [-0.05, 0) is 42.3 Å². The Bertz CT molecular complexity index is 743. The molecule has 2 aromatic rings. The first-order chi connectivity index (χ1) is 11.4. The number of amides is 1. The molecule has 0 aromatic heterocycles. The average molecular weight is 348 g/mol. The Kier molecular flexibility index (Phi) is 5.82. The van der Waals surface area contributed by atoms with Crippen LogP contribution < -0.4 is 10.1 Å². The van der Waals surface area contributed by atoms with Crippen LogP contribution >= 0.6 is 11.6 Å². The maximum atomic E-state index is 12.3. The number of halogens is 1. The zero-order valence-corrected chi connectivity index (χ0v) is 14.1. The standard InChI is InChI=1S/C18H18ClNO4/c1-11(9-12-3-6-14(24-2)7-4-12)17(21)20-16-10-13(18(22)23)5-8-15(16)19/h3-8,10-11H,9H2,1-2H3,(H,20,21)(H,22,23). The number of hydrogen-bond acceptors (Lipinski definition) is 3. The van der Waals surface area contributed by atoms with E-state index in [1.54, 1.807) is 14.0 Å². The van der Waals surface area contributed by atoms with Crippen LogP contribution in [0.2, 0.25) is 5.02 Å². The van der Waals surface area contributed by atoms with Crippen molar-refractivity contribution in [1.29, 1.82) is 0 Å². The number of carboxylic acid groups (broad SMARTS) is 1. The summed E-state index contributed by atoms with van der Waals surface area (Å²) < 4.78 is 5.10. The van der Waals surface area contributed by atoms with Crippen LogP contribution in [0.15, 0.2) is 42.5 Å². The number of anilines is 1. The summed E-state index contributed by atoms with van der Waals surface area (Å²) in [6.07, 6.45) is 0.548. The van der Waals surface area contributed by atoms with Crippen molar-refractivity contribution < 1.29 is 19.4 Å². The molecular weight excluding hydrogens is 330 g/mol. The van der Waals surface area contributed by atoms with E-state index in [0.29, 0.717) is 17.1 Å². The zero-order valence-electron chi connectivity index (χ0n) is 13.4. The van der Waals surface area contributed by atoms with E-state index in [-0.39, 0.29) is 17.4 Å². The van der Waals surface area contributed by atoms with Gasteiger partial charge in [-0.3, -0.25) is 4.79 Å². The molecule has 2 aromatic carbocycles. The minimum absolute atomic E-state index is 0.0671. The number of ether oxygens (including phenoxy) is 1. The monoisotopic (exact) mass is 347 g/mol. The van der Waals surface area contributed by atoms with Gasteiger partial charge in [-0.25, -0.2) is 4.79 Å². The van der Waals surface area contributed by atoms with Crippen LogP contribution in [0.4, 0.5) is 5.69 Å². The Morgan fingerprint density at radius 2 is 1.88 bits per heavy atom. The van der Waals surface area contributed by atoms with Crippen molar-refractivity contribution in [3.8, 4) is 5.75 Å². The Hall–Kier alpha value is -2.53. The first kappa shape index (κ1) is 17.8. The van der Waals surface area contributed by atoms with Crippen molar-refractivity contribution in [3.63, 3.8) is 0 Å². The molecule has 1 atom stereocenters. The number of carboxylic acids is 1. The minimum Gasteiger partial charge on any atom is -0.497 e. The molecule has 0 fully saturated rings. The topological polar surface area (TPSA) is 75.6 Å². The molecule has 0 heterocycles. The van der Waals surface area contributed by atoms with Gasteiger partial charge in [-0.1, -0.05) is 30.7 Å². The summed E-state index contributed by atoms with van der Waals surface area (Å²) in [5.74, 6) is -0.847. The van der Waals surface area contributed by atoms with Crippen LogP contribution in [0.1, 0.15) is 22.8 Å². The van der Waals surface area contributed by atoms with E-state index in [4.69, 9.17) is 21.4 Å². The Balaban J connectivity index is 2.05. The zero-order chi connectivity index (χ0) is 17.7. The number of carbonyl (C=O) groups excluding carboxylic acids is 1. The smallest absolute Gasteiger partial charge is 0.335 e. The molecule has 0 saturated carbocycles. The van der Waals surface area contributed by atoms with Crippen LogP contribution in [-0.2, 0) is 11.2 Å². The highest BCUT2D eigenvalue weighted by molar-refractivity contribution is 6.33. The number of aromatic carboxylic acids is 1. The van der Waals surface area contributed by atoms with Gasteiger partial charge in [-0.15, -0.1) is 0 Å². The highest BCUT2D eigenvalue weighted by atomic mass is 35.5. The highest BCUT2D eigenvalue weighted by Gasteiger charge is 2.16. The van der Waals surface area contributed by atoms with E-state index in [1.165, 1.54) is 18.2 Å². The first-order valence-corrected chi connectivity index (χ1v) is 7.75. The third-order valence-corrected chi connectivity index (χ3v) is 3.95. The van der Waals surface area contributed by atoms with E-state index in [9.17, 15) is 9.59 Å². The predicted octanol–water partition coefficient (Wildman–Crippen LogP) is 3.86. The van der Waals surface area contributed by atoms with Crippen molar-refractivity contribution in [3.05, 3.63) is 58.6 Å². The van der Waals surface area contributed by atoms with Crippen molar-refractivity contribution in [2.45, 2.75) is 13.3 Å². The number of carbonyl (C=O) groups is 2. The third-order valence-electron chi connectivity index (χ3n) is 3.62. The number of benzene rings is 2. The van der Waals surface area contributed by atoms with Crippen molar-refractivity contribution in [1.82, 2.24) is 0 Å². The van der Waals surface area contributed by atoms with Gasteiger partial charge >= 0.3 is 5.97 Å². The first-order valence-electron chi connectivity index (χ1n) is 7.37. The fourth-order valence-corrected chi connectivity index (χ4v) is 2.38. The molecule has 0 aliphatic heterocycles. The van der Waals surface area contributed by atoms with Gasteiger partial charge in [0.15, 0.2) is 0 Å². The predicted molar refractivity (Wildman–Crippen MR) is 92.9 cm³/mol. The summed E-state index contributed by atoms with van der Waals surface area (Å²) in [5.41, 5.74) is 1.37. The van der Waals surface area contributed by atoms with E-state index in [1.807, 2.05) is 24.3 Å². The molecule has 24 heavy (non-hydrogen) atoms. The number of hydrogen-bond donors (Lipinski definition) is 2. The second kappa shape index (κ2) is 7.84. The normalized spacial score (nSPS) is 11.6. The maximum Gasteiger partial charge on any atom is 0.335 e. The lowest BCUT2D eigenvalue weighted by Crippen LogP contribution is -2.22. The largest absolute Gasteiger partial charge is 0.497 e. The summed E-state index contributed by atoms with van der Waals surface area (Å²) in [5, 5.41) is 12.0. The second-order valence-corrected chi connectivity index (χ2v) is 5.85. The Morgan fingerprint density at radius 3 is 2.46 bits per heavy atom. The number of nitrogens with one attached hydrogen (secondary N) is 1. The van der Waals surface area contributed by atoms with Gasteiger partial charge in [0, 0.05) is 5.92 Å². The van der Waals surface area contributed by atoms with Crippen molar-refractivity contribution in [2.75, 3.05) is 12.4 Å². The fourth-order valence-electron chi connectivity index (χ4n) is 2.22. The molecule has 1 unspecified atom stereocenters. The van der Waals surface area contributed by atoms with Crippen molar-refractivity contribution >= 4 is 29.2 Å². The summed E-state index contributed by atoms with van der Waals surface area (Å²) in [7, 11) is 1.60. The summed E-state index contributed by atoms with van der Waals surface area (Å²) in [6.45, 7) is 1.80. The van der Waals surface area contributed by atoms with Gasteiger partial charge in [-0.2, -0.15) is 0 Å². The van der Waals surface area contributed by atoms with E-state index in [2.05, 4.69) is 5.32 Å². The lowest BCUT2D eigenvalue weighted by Gasteiger charge is -2.14. The lowest BCUT2D eigenvalue weighted by atomic mass is 10.00. The van der Waals surface area contributed by atoms with E-state index >= 15 is 0 Å². The molecule has 0 bridgehead atoms. The van der Waals surface area contributed by atoms with Crippen molar-refractivity contribution in [2.24, 2.45) is 5.92 Å². The molecule has 1 amide bonds. The van der Waals surface area contributed by atoms with Crippen LogP contribution in [0.3, 0.4) is 0 Å². The molecule has 2 N–H and O–H groups in total. The van der Waals surface area contributed by atoms with Crippen LogP contribution in [0.5, 0.6) is 5.75 Å². The third kappa shape index (κ3) is 4.49. The molecule has 0 aliphatic carbocycles. The van der Waals surface area contributed by atoms with Gasteiger partial charge in [0.25, 0.3) is 0 Å². The molecule has 126 valence electrons. The Labute approximate surface area is 145 Å². The molecule has 6 heteroatoms. The van der Waals surface area contributed by atoms with Gasteiger partial charge < -0.3 is 15.2 Å². The summed E-state index contributed by atoms with van der Waals surface area (Å²) in [6, 6.07) is 11.7. The highest BCUT2D eigenvalue weighted by Crippen LogP contribution is 2.24. The fraction of sp³-hybridized carbons (Fsp3) is 0.222. The molecule has 0 aliphatic rings. The van der Waals surface area contributed by atoms with Gasteiger partial charge in [0.1, 0.15) is 5.75 Å². The van der Waals surface area contributed by atoms with Gasteiger partial charge in [0.2, 0.25) is 5.91 Å². The van der Waals surface area contributed by atoms with Crippen LogP contribution in [-0.4, -0.2) is 24.1 Å². The number of rotatable bonds is 6. The Morgan fingerprint density at radius 1 is 1.21 bits per heavy atom. The molecular formula is C18H18ClNO4. The van der Waals surface area contributed by atoms with Crippen LogP contribution in [0, 0.1) is 5.92 Å². The molecule has 0 spiro atoms. The summed E-state index contributed by atoms with van der Waals surface area (Å²) in [4.78, 5) is 23.3. The SMILES string of the molecule is COc1ccc(CC(C)C(=O)Nc2cc(C(=O)O)ccc2Cl)cc1. The minimum atomic E-state index is -1.08. The average Bonchev–Trinajstić information content (AvgIpc) is 2.57. The van der Waals surface area contributed by atoms with E-state index < -0.39 is 5.97 Å². The number of methoxy groups -OCH3 is 1. The summed E-state index contributed by atoms with van der Waals surface area (Å²) >= 11 is 6.02. The van der Waals surface area contributed by atoms with Crippen LogP contribution in [0.25, 0.3) is 0 Å². The lowest BCUT2D eigenvalue weighted by molar-refractivity contribution is -0.119.